The first-order chi connectivity index (χ1) is 11.3. The molecule has 1 unspecified atom stereocenters. The van der Waals surface area contributed by atoms with E-state index in [-0.39, 0.29) is 11.8 Å². The number of aromatic nitrogens is 1. The molecule has 0 amide bonds. The number of hydrogen-bond donors (Lipinski definition) is 1. The molecule has 1 aromatic heterocycles. The van der Waals surface area contributed by atoms with Crippen LogP contribution in [0.4, 0.5) is 0 Å². The van der Waals surface area contributed by atoms with Crippen LogP contribution >= 0.6 is 0 Å². The second-order valence-corrected chi connectivity index (χ2v) is 6.17. The van der Waals surface area contributed by atoms with E-state index in [0.717, 1.165) is 35.1 Å². The van der Waals surface area contributed by atoms with E-state index >= 15 is 0 Å². The van der Waals surface area contributed by atoms with E-state index in [1.807, 2.05) is 48.7 Å². The summed E-state index contributed by atoms with van der Waals surface area (Å²) in [6.45, 7) is 1.99. The number of Topliss-reactive ketones (excluding diaryl/α,β-unsaturated/α-hetero) is 1. The molecule has 3 aromatic rings. The molecule has 2 aromatic carbocycles. The lowest BCUT2D eigenvalue weighted by Gasteiger charge is -2.26. The van der Waals surface area contributed by atoms with Gasteiger partial charge in [-0.3, -0.25) is 9.69 Å². The average Bonchev–Trinajstić information content (AvgIpc) is 3.25. The van der Waals surface area contributed by atoms with Crippen LogP contribution < -0.4 is 0 Å². The highest BCUT2D eigenvalue weighted by Gasteiger charge is 2.31. The Labute approximate surface area is 135 Å². The molecule has 2 heterocycles. The summed E-state index contributed by atoms with van der Waals surface area (Å²) in [6, 6.07) is 18.0. The molecule has 0 radical (unpaired) electrons. The van der Waals surface area contributed by atoms with Crippen LogP contribution in [-0.4, -0.2) is 28.8 Å². The number of ketones is 1. The zero-order chi connectivity index (χ0) is 15.6. The fourth-order valence-electron chi connectivity index (χ4n) is 3.59. The maximum absolute atomic E-state index is 13.3. The van der Waals surface area contributed by atoms with Crippen LogP contribution in [0.2, 0.25) is 0 Å². The fourth-order valence-corrected chi connectivity index (χ4v) is 3.59. The molecule has 0 aliphatic carbocycles. The molecule has 1 aliphatic rings. The van der Waals surface area contributed by atoms with Crippen LogP contribution in [-0.2, 0) is 0 Å². The number of likely N-dealkylation sites (tertiary alicyclic amines) is 1. The van der Waals surface area contributed by atoms with Crippen molar-refractivity contribution >= 4 is 16.7 Å². The molecule has 116 valence electrons. The zero-order valence-electron chi connectivity index (χ0n) is 13.0. The molecule has 1 fully saturated rings. The van der Waals surface area contributed by atoms with E-state index in [4.69, 9.17) is 0 Å². The molecular weight excluding hydrogens is 284 g/mol. The molecule has 1 saturated heterocycles. The molecular formula is C20H20N2O. The van der Waals surface area contributed by atoms with Crippen LogP contribution in [0.15, 0.2) is 60.8 Å². The Bertz CT molecular complexity index is 816. The summed E-state index contributed by atoms with van der Waals surface area (Å²) >= 11 is 0. The Morgan fingerprint density at radius 1 is 0.957 bits per heavy atom. The summed E-state index contributed by atoms with van der Waals surface area (Å²) in [4.78, 5) is 18.9. The summed E-state index contributed by atoms with van der Waals surface area (Å²) in [6.07, 6.45) is 4.20. The normalized spacial score (nSPS) is 16.7. The molecule has 23 heavy (non-hydrogen) atoms. The number of fused-ring (bicyclic) bond motifs is 1. The van der Waals surface area contributed by atoms with Gasteiger partial charge in [-0.25, -0.2) is 0 Å². The third-order valence-electron chi connectivity index (χ3n) is 4.72. The third kappa shape index (κ3) is 2.57. The average molecular weight is 304 g/mol. The number of nitrogens with one attached hydrogen (secondary N) is 1. The van der Waals surface area contributed by atoms with E-state index in [2.05, 4.69) is 22.0 Å². The number of para-hydroxylation sites is 1. The number of rotatable bonds is 4. The quantitative estimate of drug-likeness (QED) is 0.734. The number of aromatic amines is 1. The predicted octanol–water partition coefficient (Wildman–Crippen LogP) is 4.19. The Morgan fingerprint density at radius 3 is 2.43 bits per heavy atom. The molecule has 0 saturated carbocycles. The van der Waals surface area contributed by atoms with Gasteiger partial charge in [0, 0.05) is 22.7 Å². The van der Waals surface area contributed by atoms with Crippen molar-refractivity contribution in [2.75, 3.05) is 13.1 Å². The minimum Gasteiger partial charge on any atom is -0.360 e. The van der Waals surface area contributed by atoms with E-state index < -0.39 is 0 Å². The zero-order valence-corrected chi connectivity index (χ0v) is 13.0. The number of nitrogens with zero attached hydrogens (tertiary/aromatic N) is 1. The highest BCUT2D eigenvalue weighted by molar-refractivity contribution is 6.10. The van der Waals surface area contributed by atoms with Crippen molar-refractivity contribution in [2.24, 2.45) is 0 Å². The lowest BCUT2D eigenvalue weighted by molar-refractivity contribution is 0.0850. The molecule has 4 rings (SSSR count). The third-order valence-corrected chi connectivity index (χ3v) is 4.72. The lowest BCUT2D eigenvalue weighted by Crippen LogP contribution is -2.31. The summed E-state index contributed by atoms with van der Waals surface area (Å²) in [5.74, 6) is 0.190. The van der Waals surface area contributed by atoms with Crippen LogP contribution in [0, 0.1) is 0 Å². The van der Waals surface area contributed by atoms with E-state index in [1.165, 1.54) is 12.8 Å². The lowest BCUT2D eigenvalue weighted by atomic mass is 9.96. The molecule has 1 N–H and O–H groups in total. The first-order valence-corrected chi connectivity index (χ1v) is 8.24. The van der Waals surface area contributed by atoms with Crippen molar-refractivity contribution in [3.63, 3.8) is 0 Å². The first-order valence-electron chi connectivity index (χ1n) is 8.24. The Morgan fingerprint density at radius 2 is 1.65 bits per heavy atom. The van der Waals surface area contributed by atoms with Gasteiger partial charge in [-0.05, 0) is 37.6 Å². The van der Waals surface area contributed by atoms with Crippen LogP contribution in [0.25, 0.3) is 10.9 Å². The van der Waals surface area contributed by atoms with Gasteiger partial charge in [0.15, 0.2) is 5.78 Å². The van der Waals surface area contributed by atoms with Crippen molar-refractivity contribution in [1.29, 1.82) is 0 Å². The second-order valence-electron chi connectivity index (χ2n) is 6.17. The van der Waals surface area contributed by atoms with Gasteiger partial charge in [-0.1, -0.05) is 48.5 Å². The van der Waals surface area contributed by atoms with Gasteiger partial charge >= 0.3 is 0 Å². The van der Waals surface area contributed by atoms with E-state index in [9.17, 15) is 4.79 Å². The van der Waals surface area contributed by atoms with Gasteiger partial charge in [0.25, 0.3) is 0 Å². The number of H-pyrrole nitrogens is 1. The first kappa shape index (κ1) is 14.2. The second kappa shape index (κ2) is 6.01. The monoisotopic (exact) mass is 304 g/mol. The number of carbonyl (C=O) groups is 1. The molecule has 1 atom stereocenters. The van der Waals surface area contributed by atoms with E-state index in [1.54, 1.807) is 0 Å². The van der Waals surface area contributed by atoms with Gasteiger partial charge in [-0.2, -0.15) is 0 Å². The van der Waals surface area contributed by atoms with Gasteiger partial charge < -0.3 is 4.98 Å². The summed E-state index contributed by atoms with van der Waals surface area (Å²) in [7, 11) is 0. The minimum absolute atomic E-state index is 0.182. The number of hydrogen-bond acceptors (Lipinski definition) is 2. The number of carbonyl (C=O) groups excluding carboxylic acids is 1. The van der Waals surface area contributed by atoms with Crippen molar-refractivity contribution in [3.05, 3.63) is 71.9 Å². The van der Waals surface area contributed by atoms with Gasteiger partial charge in [0.05, 0.1) is 6.04 Å². The Balaban J connectivity index is 1.78. The van der Waals surface area contributed by atoms with Crippen LogP contribution in [0.3, 0.4) is 0 Å². The Kier molecular flexibility index (Phi) is 3.72. The van der Waals surface area contributed by atoms with Gasteiger partial charge in [0.1, 0.15) is 0 Å². The summed E-state index contributed by atoms with van der Waals surface area (Å²) in [5.41, 5.74) is 2.90. The van der Waals surface area contributed by atoms with E-state index in [0.29, 0.717) is 0 Å². The predicted molar refractivity (Wildman–Crippen MR) is 92.6 cm³/mol. The largest absolute Gasteiger partial charge is 0.360 e. The molecule has 3 nitrogen and oxygen atoms in total. The van der Waals surface area contributed by atoms with Crippen LogP contribution in [0.5, 0.6) is 0 Å². The Hall–Kier alpha value is -2.39. The molecule has 0 bridgehead atoms. The highest BCUT2D eigenvalue weighted by atomic mass is 16.1. The topological polar surface area (TPSA) is 36.1 Å². The fraction of sp³-hybridized carbons (Fsp3) is 0.250. The van der Waals surface area contributed by atoms with Crippen molar-refractivity contribution in [3.8, 4) is 0 Å². The molecule has 0 spiro atoms. The van der Waals surface area contributed by atoms with Crippen LogP contribution in [0.1, 0.15) is 34.8 Å². The number of benzene rings is 2. The van der Waals surface area contributed by atoms with Crippen molar-refractivity contribution in [1.82, 2.24) is 9.88 Å². The maximum Gasteiger partial charge on any atom is 0.186 e. The minimum atomic E-state index is -0.182. The van der Waals surface area contributed by atoms with Gasteiger partial charge in [0.2, 0.25) is 0 Å². The smallest absolute Gasteiger partial charge is 0.186 e. The standard InChI is InChI=1S/C20H20N2O/c23-20(17-14-21-18-11-5-4-10-16(17)18)19(22-12-6-7-13-22)15-8-2-1-3-9-15/h1-5,8-11,14,19,21H,6-7,12-13H2. The molecule has 1 aliphatic heterocycles. The highest BCUT2D eigenvalue weighted by Crippen LogP contribution is 2.31. The summed E-state index contributed by atoms with van der Waals surface area (Å²) < 4.78 is 0. The van der Waals surface area contributed by atoms with Crippen molar-refractivity contribution in [2.45, 2.75) is 18.9 Å². The van der Waals surface area contributed by atoms with Gasteiger partial charge in [-0.15, -0.1) is 0 Å². The molecule has 3 heteroatoms. The van der Waals surface area contributed by atoms with Crippen molar-refractivity contribution < 1.29 is 4.79 Å². The SMILES string of the molecule is O=C(c1c[nH]c2ccccc12)C(c1ccccc1)N1CCCC1. The maximum atomic E-state index is 13.3. The summed E-state index contributed by atoms with van der Waals surface area (Å²) in [5, 5.41) is 1.01.